The smallest absolute Gasteiger partial charge is 0.287 e. The van der Waals surface area contributed by atoms with Gasteiger partial charge in [0.05, 0.1) is 6.20 Å². The summed E-state index contributed by atoms with van der Waals surface area (Å²) in [7, 11) is 0. The molecule has 1 aromatic carbocycles. The highest BCUT2D eigenvalue weighted by Gasteiger charge is 2.28. The average molecular weight is 403 g/mol. The number of fused-ring (bicyclic) bond motifs is 1. The molecule has 2 amide bonds. The highest BCUT2D eigenvalue weighted by Crippen LogP contribution is 2.19. The molecule has 0 fully saturated rings. The first-order valence-corrected chi connectivity index (χ1v) is 9.03. The van der Waals surface area contributed by atoms with Gasteiger partial charge in [0, 0.05) is 29.7 Å². The number of Topliss-reactive ketones (excluding diaryl/α,β-unsaturated/α-hetero) is 1. The first-order valence-electron chi connectivity index (χ1n) is 9.03. The number of ketones is 1. The molecule has 1 unspecified atom stereocenters. The molecular formula is C20H17N7O3. The van der Waals surface area contributed by atoms with Crippen LogP contribution in [0.1, 0.15) is 16.1 Å². The zero-order valence-corrected chi connectivity index (χ0v) is 15.6. The van der Waals surface area contributed by atoms with E-state index in [2.05, 4.69) is 25.3 Å². The molecule has 4 aromatic rings. The van der Waals surface area contributed by atoms with E-state index in [0.717, 1.165) is 16.5 Å². The molecule has 3 heterocycles. The Balaban J connectivity index is 1.62. The Labute approximate surface area is 170 Å². The zero-order valence-electron chi connectivity index (χ0n) is 15.6. The molecule has 3 aromatic heterocycles. The number of nitrogens with one attached hydrogen (secondary N) is 2. The molecular weight excluding hydrogens is 386 g/mol. The van der Waals surface area contributed by atoms with E-state index in [1.54, 1.807) is 12.3 Å². The summed E-state index contributed by atoms with van der Waals surface area (Å²) in [5.41, 5.74) is 7.01. The van der Waals surface area contributed by atoms with Gasteiger partial charge in [0.25, 0.3) is 11.8 Å². The van der Waals surface area contributed by atoms with E-state index in [4.69, 9.17) is 5.73 Å². The van der Waals surface area contributed by atoms with Gasteiger partial charge < -0.3 is 16.0 Å². The lowest BCUT2D eigenvalue weighted by Crippen LogP contribution is -2.47. The van der Waals surface area contributed by atoms with Crippen LogP contribution in [-0.2, 0) is 16.0 Å². The second kappa shape index (κ2) is 7.95. The molecule has 0 aliphatic rings. The van der Waals surface area contributed by atoms with E-state index >= 15 is 0 Å². The molecule has 0 aliphatic carbocycles. The molecule has 1 atom stereocenters. The lowest BCUT2D eigenvalue weighted by molar-refractivity contribution is -0.137. The molecule has 4 N–H and O–H groups in total. The van der Waals surface area contributed by atoms with Gasteiger partial charge in [0.1, 0.15) is 30.2 Å². The Morgan fingerprint density at radius 2 is 2.00 bits per heavy atom. The SMILES string of the molecule is NC(=O)C(=O)C(Cc1c[nH]c2ccccc12)NC(=O)c1cncn1-c1ccncn1. The van der Waals surface area contributed by atoms with Gasteiger partial charge in [-0.3, -0.25) is 19.0 Å². The Morgan fingerprint density at radius 3 is 2.77 bits per heavy atom. The maximum Gasteiger partial charge on any atom is 0.287 e. The van der Waals surface area contributed by atoms with E-state index < -0.39 is 23.6 Å². The summed E-state index contributed by atoms with van der Waals surface area (Å²) in [5, 5.41) is 3.50. The van der Waals surface area contributed by atoms with Gasteiger partial charge in [-0.25, -0.2) is 15.0 Å². The van der Waals surface area contributed by atoms with Gasteiger partial charge in [-0.2, -0.15) is 0 Å². The van der Waals surface area contributed by atoms with Crippen molar-refractivity contribution in [3.63, 3.8) is 0 Å². The summed E-state index contributed by atoms with van der Waals surface area (Å²) in [6, 6.07) is 7.99. The predicted molar refractivity (Wildman–Crippen MR) is 107 cm³/mol. The molecule has 10 nitrogen and oxygen atoms in total. The number of aromatic amines is 1. The first-order chi connectivity index (χ1) is 14.5. The quantitative estimate of drug-likeness (QED) is 0.384. The van der Waals surface area contributed by atoms with Gasteiger partial charge in [0.15, 0.2) is 0 Å². The van der Waals surface area contributed by atoms with Gasteiger partial charge >= 0.3 is 0 Å². The number of nitrogens with zero attached hydrogens (tertiary/aromatic N) is 4. The summed E-state index contributed by atoms with van der Waals surface area (Å²) in [6.07, 6.45) is 7.47. The lowest BCUT2D eigenvalue weighted by atomic mass is 10.0. The van der Waals surface area contributed by atoms with Crippen LogP contribution in [0.4, 0.5) is 0 Å². The van der Waals surface area contributed by atoms with Crippen LogP contribution in [-0.4, -0.2) is 48.1 Å². The molecule has 0 aliphatic heterocycles. The normalized spacial score (nSPS) is 11.9. The van der Waals surface area contributed by atoms with Crippen molar-refractivity contribution in [1.29, 1.82) is 0 Å². The molecule has 0 bridgehead atoms. The third-order valence-electron chi connectivity index (χ3n) is 4.65. The zero-order chi connectivity index (χ0) is 21.1. The maximum atomic E-state index is 12.9. The van der Waals surface area contributed by atoms with Crippen molar-refractivity contribution in [2.45, 2.75) is 12.5 Å². The molecule has 4 rings (SSSR count). The number of H-pyrrole nitrogens is 1. The fourth-order valence-electron chi connectivity index (χ4n) is 3.21. The van der Waals surface area contributed by atoms with E-state index in [-0.39, 0.29) is 12.1 Å². The van der Waals surface area contributed by atoms with Crippen LogP contribution in [0.3, 0.4) is 0 Å². The highest BCUT2D eigenvalue weighted by molar-refractivity contribution is 6.38. The summed E-state index contributed by atoms with van der Waals surface area (Å²) in [4.78, 5) is 51.9. The van der Waals surface area contributed by atoms with Crippen molar-refractivity contribution in [2.75, 3.05) is 0 Å². The minimum Gasteiger partial charge on any atom is -0.363 e. The van der Waals surface area contributed by atoms with E-state index in [1.807, 2.05) is 24.3 Å². The van der Waals surface area contributed by atoms with Crippen LogP contribution in [0.15, 0.2) is 61.6 Å². The second-order valence-corrected chi connectivity index (χ2v) is 6.53. The average Bonchev–Trinajstić information content (AvgIpc) is 3.41. The third kappa shape index (κ3) is 3.65. The van der Waals surface area contributed by atoms with E-state index in [1.165, 1.54) is 29.6 Å². The van der Waals surface area contributed by atoms with Crippen LogP contribution in [0.25, 0.3) is 16.7 Å². The minimum atomic E-state index is -1.14. The fourth-order valence-corrected chi connectivity index (χ4v) is 3.21. The molecule has 0 radical (unpaired) electrons. The van der Waals surface area contributed by atoms with Crippen LogP contribution in [0.2, 0.25) is 0 Å². The van der Waals surface area contributed by atoms with Crippen molar-refractivity contribution >= 4 is 28.5 Å². The number of para-hydroxylation sites is 1. The van der Waals surface area contributed by atoms with Gasteiger partial charge in [-0.05, 0) is 17.7 Å². The van der Waals surface area contributed by atoms with Crippen LogP contribution < -0.4 is 11.1 Å². The number of amides is 2. The molecule has 30 heavy (non-hydrogen) atoms. The summed E-state index contributed by atoms with van der Waals surface area (Å²) in [6.45, 7) is 0. The number of hydrogen-bond donors (Lipinski definition) is 3. The monoisotopic (exact) mass is 403 g/mol. The predicted octanol–water partition coefficient (Wildman–Crippen LogP) is 0.539. The number of carbonyl (C=O) groups excluding carboxylic acids is 3. The van der Waals surface area contributed by atoms with E-state index in [0.29, 0.717) is 5.82 Å². The molecule has 0 saturated heterocycles. The maximum absolute atomic E-state index is 12.9. The summed E-state index contributed by atoms with van der Waals surface area (Å²) >= 11 is 0. The van der Waals surface area contributed by atoms with Gasteiger partial charge in [-0.1, -0.05) is 18.2 Å². The van der Waals surface area contributed by atoms with Gasteiger partial charge in [0.2, 0.25) is 5.78 Å². The Hall–Kier alpha value is -4.34. The Kier molecular flexibility index (Phi) is 5.04. The Morgan fingerprint density at radius 1 is 1.17 bits per heavy atom. The number of aromatic nitrogens is 5. The molecule has 150 valence electrons. The number of nitrogens with two attached hydrogens (primary N) is 1. The molecule has 0 saturated carbocycles. The largest absolute Gasteiger partial charge is 0.363 e. The van der Waals surface area contributed by atoms with Crippen molar-refractivity contribution in [1.82, 2.24) is 29.8 Å². The van der Waals surface area contributed by atoms with E-state index in [9.17, 15) is 14.4 Å². The van der Waals surface area contributed by atoms with Crippen molar-refractivity contribution in [3.8, 4) is 5.82 Å². The number of benzene rings is 1. The Bertz CT molecular complexity index is 1230. The fraction of sp³-hybridized carbons (Fsp3) is 0.100. The van der Waals surface area contributed by atoms with Gasteiger partial charge in [-0.15, -0.1) is 0 Å². The minimum absolute atomic E-state index is 0.0964. The van der Waals surface area contributed by atoms with Crippen LogP contribution in [0.5, 0.6) is 0 Å². The standard InChI is InChI=1S/C20H17N7O3/c21-19(29)18(28)15(7-12-8-24-14-4-2-1-3-13(12)14)26-20(30)16-9-23-11-27(16)17-5-6-22-10-25-17/h1-6,8-11,15,24H,7H2,(H2,21,29)(H,26,30). The van der Waals surface area contributed by atoms with Crippen molar-refractivity contribution < 1.29 is 14.4 Å². The van der Waals surface area contributed by atoms with Crippen molar-refractivity contribution in [2.24, 2.45) is 5.73 Å². The number of hydrogen-bond acceptors (Lipinski definition) is 6. The lowest BCUT2D eigenvalue weighted by Gasteiger charge is -2.16. The number of imidazole rings is 1. The van der Waals surface area contributed by atoms with Crippen LogP contribution >= 0.6 is 0 Å². The topological polar surface area (TPSA) is 149 Å². The highest BCUT2D eigenvalue weighted by atomic mass is 16.2. The number of rotatable bonds is 7. The number of carbonyl (C=O) groups is 3. The third-order valence-corrected chi connectivity index (χ3v) is 4.65. The first kappa shape index (κ1) is 19.0. The summed E-state index contributed by atoms with van der Waals surface area (Å²) in [5.74, 6) is -2.17. The molecule has 0 spiro atoms. The molecule has 10 heteroatoms. The second-order valence-electron chi connectivity index (χ2n) is 6.53. The van der Waals surface area contributed by atoms with Crippen LogP contribution in [0, 0.1) is 0 Å². The summed E-state index contributed by atoms with van der Waals surface area (Å²) < 4.78 is 1.45. The number of primary amides is 1. The van der Waals surface area contributed by atoms with Crippen molar-refractivity contribution in [3.05, 3.63) is 72.8 Å².